The third kappa shape index (κ3) is 3.06. The second-order valence-electron chi connectivity index (χ2n) is 6.54. The van der Waals surface area contributed by atoms with Gasteiger partial charge in [-0.15, -0.1) is 0 Å². The Kier molecular flexibility index (Phi) is 4.17. The lowest BCUT2D eigenvalue weighted by molar-refractivity contribution is -0.139. The predicted molar refractivity (Wildman–Crippen MR) is 77.6 cm³/mol. The maximum atomic E-state index is 12.3. The maximum absolute atomic E-state index is 12.3. The van der Waals surface area contributed by atoms with Gasteiger partial charge in [0.05, 0.1) is 13.2 Å². The molecule has 2 unspecified atom stereocenters. The number of carbonyl (C=O) groups excluding carboxylic acids is 2. The Morgan fingerprint density at radius 1 is 1.29 bits per heavy atom. The van der Waals surface area contributed by atoms with Crippen molar-refractivity contribution in [1.29, 1.82) is 0 Å². The molecule has 0 aromatic heterocycles. The van der Waals surface area contributed by atoms with Gasteiger partial charge in [0.2, 0.25) is 11.8 Å². The molecule has 118 valence electrons. The molecule has 0 aromatic carbocycles. The first kappa shape index (κ1) is 14.8. The van der Waals surface area contributed by atoms with Crippen LogP contribution in [0.2, 0.25) is 0 Å². The fourth-order valence-electron chi connectivity index (χ4n) is 3.63. The van der Waals surface area contributed by atoms with E-state index in [9.17, 15) is 9.59 Å². The number of morpholine rings is 1. The minimum absolute atomic E-state index is 0.00617. The van der Waals surface area contributed by atoms with Crippen LogP contribution in [0.3, 0.4) is 0 Å². The Balaban J connectivity index is 1.49. The molecule has 3 fully saturated rings. The van der Waals surface area contributed by atoms with Gasteiger partial charge < -0.3 is 20.3 Å². The van der Waals surface area contributed by atoms with E-state index in [1.165, 1.54) is 0 Å². The van der Waals surface area contributed by atoms with Crippen molar-refractivity contribution in [3.63, 3.8) is 0 Å². The Hall–Kier alpha value is -1.14. The van der Waals surface area contributed by atoms with Crippen LogP contribution < -0.4 is 10.6 Å². The quantitative estimate of drug-likeness (QED) is 0.752. The first-order chi connectivity index (χ1) is 10.1. The molecule has 2 heterocycles. The topological polar surface area (TPSA) is 70.7 Å². The van der Waals surface area contributed by atoms with Crippen molar-refractivity contribution in [2.45, 2.75) is 32.2 Å². The van der Waals surface area contributed by atoms with E-state index in [1.807, 2.05) is 0 Å². The number of nitrogens with one attached hydrogen (secondary N) is 2. The van der Waals surface area contributed by atoms with E-state index < -0.39 is 6.04 Å². The minimum Gasteiger partial charge on any atom is -0.378 e. The number of nitrogens with zero attached hydrogens (tertiary/aromatic N) is 1. The zero-order valence-corrected chi connectivity index (χ0v) is 12.7. The molecule has 0 aromatic rings. The first-order valence-corrected chi connectivity index (χ1v) is 8.00. The summed E-state index contributed by atoms with van der Waals surface area (Å²) in [4.78, 5) is 26.4. The molecule has 6 heteroatoms. The zero-order chi connectivity index (χ0) is 14.9. The van der Waals surface area contributed by atoms with Crippen molar-refractivity contribution in [2.75, 3.05) is 39.4 Å². The number of hydrogen-bond acceptors (Lipinski definition) is 4. The molecule has 2 amide bonds. The molecule has 2 aliphatic heterocycles. The summed E-state index contributed by atoms with van der Waals surface area (Å²) < 4.78 is 5.25. The number of rotatable bonds is 3. The van der Waals surface area contributed by atoms with Gasteiger partial charge in [-0.2, -0.15) is 0 Å². The molecule has 1 spiro atoms. The number of ether oxygens (including phenoxy) is 1. The number of piperidine rings is 1. The van der Waals surface area contributed by atoms with E-state index in [2.05, 4.69) is 10.6 Å². The highest BCUT2D eigenvalue weighted by Gasteiger charge is 2.57. The summed E-state index contributed by atoms with van der Waals surface area (Å²) in [7, 11) is 0. The van der Waals surface area contributed by atoms with Gasteiger partial charge in [-0.1, -0.05) is 0 Å². The molecule has 21 heavy (non-hydrogen) atoms. The van der Waals surface area contributed by atoms with Gasteiger partial charge in [0.25, 0.3) is 0 Å². The van der Waals surface area contributed by atoms with E-state index >= 15 is 0 Å². The Bertz CT molecular complexity index is 414. The van der Waals surface area contributed by atoms with Gasteiger partial charge in [0.1, 0.15) is 6.04 Å². The highest BCUT2D eigenvalue weighted by atomic mass is 16.5. The summed E-state index contributed by atoms with van der Waals surface area (Å²) in [5, 5.41) is 6.26. The normalized spacial score (nSPS) is 29.0. The van der Waals surface area contributed by atoms with Crippen molar-refractivity contribution in [3.8, 4) is 0 Å². The molecule has 2 saturated heterocycles. The zero-order valence-electron chi connectivity index (χ0n) is 12.7. The van der Waals surface area contributed by atoms with Gasteiger partial charge in [-0.05, 0) is 44.7 Å². The van der Waals surface area contributed by atoms with Crippen LogP contribution in [-0.2, 0) is 14.3 Å². The molecular formula is C15H25N3O3. The third-order valence-electron chi connectivity index (χ3n) is 5.16. The summed E-state index contributed by atoms with van der Waals surface area (Å²) in [6.45, 7) is 6.22. The predicted octanol–water partition coefficient (Wildman–Crippen LogP) is -0.260. The molecule has 0 radical (unpaired) electrons. The SMILES string of the molecule is CC(NC(=O)C1CC12CCNCC2)C(=O)N1CCOCC1. The van der Waals surface area contributed by atoms with E-state index in [4.69, 9.17) is 4.74 Å². The van der Waals surface area contributed by atoms with Gasteiger partial charge in [0.15, 0.2) is 0 Å². The monoisotopic (exact) mass is 295 g/mol. The van der Waals surface area contributed by atoms with Crippen LogP contribution in [-0.4, -0.2) is 62.1 Å². The number of amides is 2. The molecule has 2 atom stereocenters. The van der Waals surface area contributed by atoms with Crippen molar-refractivity contribution < 1.29 is 14.3 Å². The molecule has 2 N–H and O–H groups in total. The molecule has 0 bridgehead atoms. The summed E-state index contributed by atoms with van der Waals surface area (Å²) in [5.74, 6) is 0.178. The lowest BCUT2D eigenvalue weighted by atomic mass is 9.91. The van der Waals surface area contributed by atoms with Crippen LogP contribution in [0.25, 0.3) is 0 Å². The first-order valence-electron chi connectivity index (χ1n) is 8.00. The van der Waals surface area contributed by atoms with E-state index in [0.29, 0.717) is 26.3 Å². The lowest BCUT2D eigenvalue weighted by Crippen LogP contribution is -2.51. The van der Waals surface area contributed by atoms with Crippen molar-refractivity contribution in [2.24, 2.45) is 11.3 Å². The second-order valence-corrected chi connectivity index (χ2v) is 6.54. The van der Waals surface area contributed by atoms with Crippen LogP contribution >= 0.6 is 0 Å². The molecule has 3 rings (SSSR count). The fraction of sp³-hybridized carbons (Fsp3) is 0.867. The van der Waals surface area contributed by atoms with Gasteiger partial charge >= 0.3 is 0 Å². The van der Waals surface area contributed by atoms with Gasteiger partial charge in [-0.3, -0.25) is 9.59 Å². The van der Waals surface area contributed by atoms with Gasteiger partial charge in [0, 0.05) is 19.0 Å². The van der Waals surface area contributed by atoms with Crippen LogP contribution in [0.15, 0.2) is 0 Å². The lowest BCUT2D eigenvalue weighted by Gasteiger charge is -2.29. The van der Waals surface area contributed by atoms with Crippen LogP contribution in [0, 0.1) is 11.3 Å². The Morgan fingerprint density at radius 3 is 2.62 bits per heavy atom. The molecular weight excluding hydrogens is 270 g/mol. The Labute approximate surface area is 125 Å². The second kappa shape index (κ2) is 5.93. The number of carbonyl (C=O) groups is 2. The van der Waals surface area contributed by atoms with Crippen molar-refractivity contribution >= 4 is 11.8 Å². The van der Waals surface area contributed by atoms with Gasteiger partial charge in [-0.25, -0.2) is 0 Å². The van der Waals surface area contributed by atoms with Crippen molar-refractivity contribution in [3.05, 3.63) is 0 Å². The smallest absolute Gasteiger partial charge is 0.245 e. The molecule has 1 aliphatic carbocycles. The summed E-state index contributed by atoms with van der Waals surface area (Å²) in [6.07, 6.45) is 3.15. The average molecular weight is 295 g/mol. The fourth-order valence-corrected chi connectivity index (χ4v) is 3.63. The molecule has 6 nitrogen and oxygen atoms in total. The summed E-state index contributed by atoms with van der Waals surface area (Å²) in [5.41, 5.74) is 0.219. The van der Waals surface area contributed by atoms with Crippen LogP contribution in [0.1, 0.15) is 26.2 Å². The summed E-state index contributed by atoms with van der Waals surface area (Å²) in [6, 6.07) is -0.435. The Morgan fingerprint density at radius 2 is 1.95 bits per heavy atom. The van der Waals surface area contributed by atoms with Crippen LogP contribution in [0.4, 0.5) is 0 Å². The minimum atomic E-state index is -0.435. The highest BCUT2D eigenvalue weighted by molar-refractivity contribution is 5.89. The highest BCUT2D eigenvalue weighted by Crippen LogP contribution is 2.58. The maximum Gasteiger partial charge on any atom is 0.245 e. The summed E-state index contributed by atoms with van der Waals surface area (Å²) >= 11 is 0. The van der Waals surface area contributed by atoms with Crippen LogP contribution in [0.5, 0.6) is 0 Å². The third-order valence-corrected chi connectivity index (χ3v) is 5.16. The standard InChI is InChI=1S/C15H25N3O3/c1-11(14(20)18-6-8-21-9-7-18)17-13(19)12-10-15(12)2-4-16-5-3-15/h11-12,16H,2-10H2,1H3,(H,17,19). The van der Waals surface area contributed by atoms with Crippen molar-refractivity contribution in [1.82, 2.24) is 15.5 Å². The largest absolute Gasteiger partial charge is 0.378 e. The van der Waals surface area contributed by atoms with E-state index in [1.54, 1.807) is 11.8 Å². The van der Waals surface area contributed by atoms with E-state index in [-0.39, 0.29) is 23.1 Å². The molecule has 3 aliphatic rings. The average Bonchev–Trinajstić information content (AvgIpc) is 3.21. The molecule has 1 saturated carbocycles. The number of hydrogen-bond donors (Lipinski definition) is 2. The van der Waals surface area contributed by atoms with E-state index in [0.717, 1.165) is 32.4 Å².